The summed E-state index contributed by atoms with van der Waals surface area (Å²) in [4.78, 5) is 32.0. The number of nitrogens with one attached hydrogen (secondary N) is 2. The van der Waals surface area contributed by atoms with Crippen molar-refractivity contribution in [3.63, 3.8) is 0 Å². The highest BCUT2D eigenvalue weighted by Gasteiger charge is 2.45. The second-order valence-electron chi connectivity index (χ2n) is 5.21. The van der Waals surface area contributed by atoms with E-state index in [1.165, 1.54) is 6.20 Å². The Morgan fingerprint density at radius 2 is 1.75 bits per heavy atom. The Labute approximate surface area is 115 Å². The molecule has 102 valence electrons. The summed E-state index contributed by atoms with van der Waals surface area (Å²) in [6, 6.07) is 3.37. The minimum absolute atomic E-state index is 0.417. The van der Waals surface area contributed by atoms with Gasteiger partial charge in [0.15, 0.2) is 5.54 Å². The molecule has 3 rings (SSSR count). The highest BCUT2D eigenvalue weighted by Crippen LogP contribution is 2.24. The number of urea groups is 1. The number of hydrogen-bond acceptors (Lipinski definition) is 4. The van der Waals surface area contributed by atoms with Gasteiger partial charge in [0, 0.05) is 0 Å². The van der Waals surface area contributed by atoms with E-state index in [1.807, 2.05) is 26.0 Å². The van der Waals surface area contributed by atoms with E-state index >= 15 is 0 Å². The number of fused-ring (bicyclic) bond motifs is 1. The maximum atomic E-state index is 11.9. The molecule has 2 aromatic rings. The Bertz CT molecular complexity index is 756. The first-order chi connectivity index (χ1) is 9.40. The zero-order valence-electron chi connectivity index (χ0n) is 11.4. The average Bonchev–Trinajstić information content (AvgIpc) is 2.65. The van der Waals surface area contributed by atoms with E-state index < -0.39 is 17.5 Å². The largest absolute Gasteiger partial charge is 0.322 e. The molecule has 0 spiro atoms. The summed E-state index contributed by atoms with van der Waals surface area (Å²) in [7, 11) is 0. The third-order valence-corrected chi connectivity index (χ3v) is 3.71. The third kappa shape index (κ3) is 1.72. The van der Waals surface area contributed by atoms with Gasteiger partial charge in [-0.25, -0.2) is 9.78 Å². The second kappa shape index (κ2) is 4.00. The first-order valence-corrected chi connectivity index (χ1v) is 6.28. The summed E-state index contributed by atoms with van der Waals surface area (Å²) in [5.41, 5.74) is 2.98. The molecule has 0 bridgehead atoms. The van der Waals surface area contributed by atoms with Crippen molar-refractivity contribution in [2.75, 3.05) is 0 Å². The number of amides is 3. The van der Waals surface area contributed by atoms with E-state index in [4.69, 9.17) is 0 Å². The fraction of sp³-hybridized carbons (Fsp3) is 0.286. The van der Waals surface area contributed by atoms with Crippen LogP contribution in [0.25, 0.3) is 11.0 Å². The van der Waals surface area contributed by atoms with Gasteiger partial charge in [-0.05, 0) is 44.0 Å². The maximum absolute atomic E-state index is 11.9. The van der Waals surface area contributed by atoms with Crippen LogP contribution in [0.15, 0.2) is 18.3 Å². The van der Waals surface area contributed by atoms with Crippen LogP contribution in [0.2, 0.25) is 0 Å². The van der Waals surface area contributed by atoms with Gasteiger partial charge < -0.3 is 5.32 Å². The summed E-state index contributed by atoms with van der Waals surface area (Å²) in [6.45, 7) is 5.62. The smallest absolute Gasteiger partial charge is 0.318 e. The van der Waals surface area contributed by atoms with Crippen molar-refractivity contribution in [3.05, 3.63) is 35.2 Å². The highest BCUT2D eigenvalue weighted by atomic mass is 16.2. The van der Waals surface area contributed by atoms with Crippen LogP contribution in [0.1, 0.15) is 23.7 Å². The van der Waals surface area contributed by atoms with Gasteiger partial charge in [0.25, 0.3) is 5.91 Å². The Morgan fingerprint density at radius 3 is 2.35 bits per heavy atom. The Kier molecular flexibility index (Phi) is 2.50. The Balaban J connectivity index is 2.16. The molecule has 0 aliphatic carbocycles. The van der Waals surface area contributed by atoms with Crippen LogP contribution in [-0.4, -0.2) is 21.9 Å². The average molecular weight is 270 g/mol. The van der Waals surface area contributed by atoms with E-state index in [1.54, 1.807) is 6.92 Å². The van der Waals surface area contributed by atoms with Crippen molar-refractivity contribution in [2.45, 2.75) is 26.3 Å². The van der Waals surface area contributed by atoms with E-state index in [0.29, 0.717) is 11.2 Å². The summed E-state index contributed by atoms with van der Waals surface area (Å²) in [6.07, 6.45) is 1.53. The van der Waals surface area contributed by atoms with Crippen LogP contribution < -0.4 is 10.6 Å². The standard InChI is InChI=1S/C14H14N4O2/c1-7-4-9-10(5-8(7)2)16-11(6-15-9)14(3)12(19)17-13(20)18-14/h4-6H,1-3H3,(H2,17,18,19,20). The van der Waals surface area contributed by atoms with Crippen molar-refractivity contribution >= 4 is 23.0 Å². The van der Waals surface area contributed by atoms with Crippen molar-refractivity contribution in [1.29, 1.82) is 0 Å². The van der Waals surface area contributed by atoms with Gasteiger partial charge in [0.1, 0.15) is 0 Å². The van der Waals surface area contributed by atoms with E-state index in [-0.39, 0.29) is 0 Å². The lowest BCUT2D eigenvalue weighted by atomic mass is 9.98. The molecule has 2 heterocycles. The van der Waals surface area contributed by atoms with Gasteiger partial charge in [0.2, 0.25) is 0 Å². The fourth-order valence-electron chi connectivity index (χ4n) is 2.23. The van der Waals surface area contributed by atoms with Gasteiger partial charge in [-0.2, -0.15) is 0 Å². The van der Waals surface area contributed by atoms with Gasteiger partial charge in [-0.1, -0.05) is 0 Å². The van der Waals surface area contributed by atoms with Crippen molar-refractivity contribution in [1.82, 2.24) is 20.6 Å². The number of rotatable bonds is 1. The van der Waals surface area contributed by atoms with E-state index in [9.17, 15) is 9.59 Å². The minimum Gasteiger partial charge on any atom is -0.318 e. The van der Waals surface area contributed by atoms with Crippen LogP contribution in [-0.2, 0) is 10.3 Å². The molecular weight excluding hydrogens is 256 g/mol. The predicted octanol–water partition coefficient (Wildman–Crippen LogP) is 1.30. The van der Waals surface area contributed by atoms with Crippen molar-refractivity contribution in [2.24, 2.45) is 0 Å². The first kappa shape index (κ1) is 12.5. The number of imide groups is 1. The molecule has 6 nitrogen and oxygen atoms in total. The summed E-state index contributed by atoms with van der Waals surface area (Å²) in [5, 5.41) is 4.80. The van der Waals surface area contributed by atoms with E-state index in [2.05, 4.69) is 20.6 Å². The van der Waals surface area contributed by atoms with Crippen LogP contribution >= 0.6 is 0 Å². The van der Waals surface area contributed by atoms with Gasteiger partial charge in [-0.15, -0.1) is 0 Å². The van der Waals surface area contributed by atoms with Gasteiger partial charge in [0.05, 0.1) is 22.9 Å². The fourth-order valence-corrected chi connectivity index (χ4v) is 2.23. The quantitative estimate of drug-likeness (QED) is 0.765. The molecule has 2 N–H and O–H groups in total. The number of aromatic nitrogens is 2. The zero-order valence-corrected chi connectivity index (χ0v) is 11.4. The number of hydrogen-bond donors (Lipinski definition) is 2. The molecule has 0 radical (unpaired) electrons. The maximum Gasteiger partial charge on any atom is 0.322 e. The summed E-state index contributed by atoms with van der Waals surface area (Å²) >= 11 is 0. The number of carbonyl (C=O) groups excluding carboxylic acids is 2. The molecule has 1 aliphatic heterocycles. The molecule has 3 amide bonds. The third-order valence-electron chi connectivity index (χ3n) is 3.71. The zero-order chi connectivity index (χ0) is 14.5. The molecule has 0 saturated carbocycles. The first-order valence-electron chi connectivity index (χ1n) is 6.28. The molecular formula is C14H14N4O2. The van der Waals surface area contributed by atoms with Gasteiger partial charge >= 0.3 is 6.03 Å². The molecule has 1 aromatic carbocycles. The molecule has 20 heavy (non-hydrogen) atoms. The van der Waals surface area contributed by atoms with Crippen LogP contribution in [0.3, 0.4) is 0 Å². The van der Waals surface area contributed by atoms with Crippen LogP contribution in [0.5, 0.6) is 0 Å². The minimum atomic E-state index is -1.17. The van der Waals surface area contributed by atoms with E-state index in [0.717, 1.165) is 16.6 Å². The van der Waals surface area contributed by atoms with Crippen LogP contribution in [0, 0.1) is 13.8 Å². The second-order valence-corrected chi connectivity index (χ2v) is 5.21. The number of benzene rings is 1. The Hall–Kier alpha value is -2.50. The lowest BCUT2D eigenvalue weighted by molar-refractivity contribution is -0.123. The summed E-state index contributed by atoms with van der Waals surface area (Å²) in [5.74, 6) is -0.417. The topological polar surface area (TPSA) is 84.0 Å². The number of aryl methyl sites for hydroxylation is 2. The normalized spacial score (nSPS) is 21.9. The molecule has 1 aromatic heterocycles. The summed E-state index contributed by atoms with van der Waals surface area (Å²) < 4.78 is 0. The monoisotopic (exact) mass is 270 g/mol. The molecule has 1 saturated heterocycles. The number of carbonyl (C=O) groups is 2. The lowest BCUT2D eigenvalue weighted by Crippen LogP contribution is -2.41. The molecule has 1 unspecified atom stereocenters. The highest BCUT2D eigenvalue weighted by molar-refractivity contribution is 6.07. The predicted molar refractivity (Wildman–Crippen MR) is 73.0 cm³/mol. The molecule has 6 heteroatoms. The molecule has 1 atom stereocenters. The van der Waals surface area contributed by atoms with Crippen LogP contribution in [0.4, 0.5) is 4.79 Å². The number of nitrogens with zero attached hydrogens (tertiary/aromatic N) is 2. The van der Waals surface area contributed by atoms with Crippen molar-refractivity contribution < 1.29 is 9.59 Å². The lowest BCUT2D eigenvalue weighted by Gasteiger charge is -2.19. The van der Waals surface area contributed by atoms with Gasteiger partial charge in [-0.3, -0.25) is 15.1 Å². The molecule has 1 fully saturated rings. The molecule has 1 aliphatic rings. The SMILES string of the molecule is Cc1cc2ncc(C3(C)NC(=O)NC3=O)nc2cc1C. The Morgan fingerprint density at radius 1 is 1.10 bits per heavy atom. The van der Waals surface area contributed by atoms with Crippen molar-refractivity contribution in [3.8, 4) is 0 Å².